The van der Waals surface area contributed by atoms with Crippen LogP contribution in [-0.2, 0) is 16.1 Å². The third kappa shape index (κ3) is 5.53. The maximum atomic E-state index is 12.0. The quantitative estimate of drug-likeness (QED) is 0.833. The number of amides is 2. The lowest BCUT2D eigenvalue weighted by atomic mass is 10.1. The second-order valence-corrected chi connectivity index (χ2v) is 6.06. The van der Waals surface area contributed by atoms with E-state index in [1.54, 1.807) is 11.8 Å². The van der Waals surface area contributed by atoms with Crippen LogP contribution in [0.3, 0.4) is 0 Å². The molecule has 0 aromatic heterocycles. The summed E-state index contributed by atoms with van der Waals surface area (Å²) < 4.78 is 4.99. The molecule has 1 heterocycles. The van der Waals surface area contributed by atoms with Crippen LogP contribution < -0.4 is 10.6 Å². The number of ether oxygens (including phenoxy) is 1. The largest absolute Gasteiger partial charge is 0.450 e. The topological polar surface area (TPSA) is 70.7 Å². The van der Waals surface area contributed by atoms with Crippen molar-refractivity contribution in [2.75, 3.05) is 26.2 Å². The molecule has 24 heavy (non-hydrogen) atoms. The molecule has 1 saturated heterocycles. The average molecular weight is 333 g/mol. The minimum atomic E-state index is -0.262. The van der Waals surface area contributed by atoms with Crippen LogP contribution in [0.2, 0.25) is 0 Å². The monoisotopic (exact) mass is 333 g/mol. The Balaban J connectivity index is 1.65. The Labute approximate surface area is 143 Å². The Hall–Kier alpha value is -2.08. The molecule has 1 aliphatic rings. The molecule has 1 aromatic rings. The molecule has 0 atom stereocenters. The standard InChI is InChI=1S/C18H27N3O3/c1-3-24-18(23)21-10-8-16(9-11-21)20-17(22)13-19-12-15-7-5-4-6-14(15)2/h4-7,16,19H,3,8-13H2,1-2H3,(H,20,22). The van der Waals surface area contributed by atoms with Gasteiger partial charge in [-0.1, -0.05) is 24.3 Å². The maximum absolute atomic E-state index is 12.0. The number of nitrogens with one attached hydrogen (secondary N) is 2. The van der Waals surface area contributed by atoms with Gasteiger partial charge in [-0.05, 0) is 37.8 Å². The predicted molar refractivity (Wildman–Crippen MR) is 92.6 cm³/mol. The Kier molecular flexibility index (Phi) is 7.06. The van der Waals surface area contributed by atoms with E-state index in [-0.39, 0.29) is 18.0 Å². The normalized spacial score (nSPS) is 15.2. The summed E-state index contributed by atoms with van der Waals surface area (Å²) in [5, 5.41) is 6.21. The van der Waals surface area contributed by atoms with Gasteiger partial charge in [-0.25, -0.2) is 4.79 Å². The molecule has 0 bridgehead atoms. The van der Waals surface area contributed by atoms with E-state index in [2.05, 4.69) is 29.7 Å². The van der Waals surface area contributed by atoms with Gasteiger partial charge in [0.15, 0.2) is 0 Å². The number of carbonyl (C=O) groups is 2. The zero-order chi connectivity index (χ0) is 17.4. The highest BCUT2D eigenvalue weighted by molar-refractivity contribution is 5.78. The lowest BCUT2D eigenvalue weighted by Gasteiger charge is -2.31. The number of rotatable bonds is 6. The Morgan fingerprint density at radius 2 is 1.96 bits per heavy atom. The van der Waals surface area contributed by atoms with Crippen LogP contribution in [0.15, 0.2) is 24.3 Å². The molecule has 1 aliphatic heterocycles. The summed E-state index contributed by atoms with van der Waals surface area (Å²) in [6, 6.07) is 8.26. The van der Waals surface area contributed by atoms with Crippen molar-refractivity contribution in [3.05, 3.63) is 35.4 Å². The number of carbonyl (C=O) groups excluding carboxylic acids is 2. The van der Waals surface area contributed by atoms with Gasteiger partial charge in [-0.2, -0.15) is 0 Å². The van der Waals surface area contributed by atoms with Gasteiger partial charge in [0.05, 0.1) is 13.2 Å². The fourth-order valence-corrected chi connectivity index (χ4v) is 2.82. The lowest BCUT2D eigenvalue weighted by molar-refractivity contribution is -0.121. The molecule has 132 valence electrons. The minimum absolute atomic E-state index is 0.00170. The molecule has 2 rings (SSSR count). The van der Waals surface area contributed by atoms with Crippen LogP contribution in [0.1, 0.15) is 30.9 Å². The molecule has 2 N–H and O–H groups in total. The third-order valence-electron chi connectivity index (χ3n) is 4.25. The van der Waals surface area contributed by atoms with Crippen LogP contribution in [-0.4, -0.2) is 49.2 Å². The van der Waals surface area contributed by atoms with Crippen molar-refractivity contribution < 1.29 is 14.3 Å². The van der Waals surface area contributed by atoms with Crippen molar-refractivity contribution in [3.63, 3.8) is 0 Å². The van der Waals surface area contributed by atoms with E-state index in [4.69, 9.17) is 4.74 Å². The molecule has 6 heteroatoms. The molecule has 0 saturated carbocycles. The predicted octanol–water partition coefficient (Wildman–Crippen LogP) is 1.82. The average Bonchev–Trinajstić information content (AvgIpc) is 2.57. The van der Waals surface area contributed by atoms with E-state index in [0.29, 0.717) is 32.8 Å². The Morgan fingerprint density at radius 3 is 2.62 bits per heavy atom. The van der Waals surface area contributed by atoms with Crippen LogP contribution in [0, 0.1) is 6.92 Å². The zero-order valence-corrected chi connectivity index (χ0v) is 14.5. The SMILES string of the molecule is CCOC(=O)N1CCC(NC(=O)CNCc2ccccc2C)CC1. The van der Waals surface area contributed by atoms with Gasteiger partial charge >= 0.3 is 6.09 Å². The summed E-state index contributed by atoms with van der Waals surface area (Å²) in [6.45, 7) is 6.49. The molecular weight excluding hydrogens is 306 g/mol. The van der Waals surface area contributed by atoms with Crippen molar-refractivity contribution in [1.29, 1.82) is 0 Å². The van der Waals surface area contributed by atoms with Crippen molar-refractivity contribution in [2.24, 2.45) is 0 Å². The number of hydrogen-bond donors (Lipinski definition) is 2. The fourth-order valence-electron chi connectivity index (χ4n) is 2.82. The summed E-state index contributed by atoms with van der Waals surface area (Å²) in [4.78, 5) is 25.4. The van der Waals surface area contributed by atoms with E-state index >= 15 is 0 Å². The smallest absolute Gasteiger partial charge is 0.409 e. The zero-order valence-electron chi connectivity index (χ0n) is 14.5. The highest BCUT2D eigenvalue weighted by Gasteiger charge is 2.24. The second-order valence-electron chi connectivity index (χ2n) is 6.06. The number of nitrogens with zero attached hydrogens (tertiary/aromatic N) is 1. The first-order chi connectivity index (χ1) is 11.6. The lowest BCUT2D eigenvalue weighted by Crippen LogP contribution is -2.48. The van der Waals surface area contributed by atoms with Gasteiger partial charge in [-0.3, -0.25) is 4.79 Å². The first-order valence-corrected chi connectivity index (χ1v) is 8.56. The second kappa shape index (κ2) is 9.27. The summed E-state index contributed by atoms with van der Waals surface area (Å²) in [5.41, 5.74) is 2.42. The number of likely N-dealkylation sites (tertiary alicyclic amines) is 1. The van der Waals surface area contributed by atoms with Gasteiger partial charge in [-0.15, -0.1) is 0 Å². The highest BCUT2D eigenvalue weighted by atomic mass is 16.6. The van der Waals surface area contributed by atoms with Gasteiger partial charge in [0.1, 0.15) is 0 Å². The summed E-state index contributed by atoms with van der Waals surface area (Å²) in [5.74, 6) is -0.00170. The van der Waals surface area contributed by atoms with E-state index in [9.17, 15) is 9.59 Å². The van der Waals surface area contributed by atoms with Crippen molar-refractivity contribution >= 4 is 12.0 Å². The molecule has 1 aromatic carbocycles. The van der Waals surface area contributed by atoms with E-state index in [1.165, 1.54) is 11.1 Å². The third-order valence-corrected chi connectivity index (χ3v) is 4.25. The van der Waals surface area contributed by atoms with E-state index in [1.807, 2.05) is 12.1 Å². The first-order valence-electron chi connectivity index (χ1n) is 8.56. The van der Waals surface area contributed by atoms with Crippen molar-refractivity contribution in [3.8, 4) is 0 Å². The molecule has 0 unspecified atom stereocenters. The van der Waals surface area contributed by atoms with Gasteiger partial charge < -0.3 is 20.3 Å². The molecule has 0 aliphatic carbocycles. The fraction of sp³-hybridized carbons (Fsp3) is 0.556. The first kappa shape index (κ1) is 18.3. The number of hydrogen-bond acceptors (Lipinski definition) is 4. The van der Waals surface area contributed by atoms with E-state index < -0.39 is 0 Å². The van der Waals surface area contributed by atoms with Gasteiger partial charge in [0, 0.05) is 25.7 Å². The summed E-state index contributed by atoms with van der Waals surface area (Å²) in [7, 11) is 0. The van der Waals surface area contributed by atoms with Crippen molar-refractivity contribution in [1.82, 2.24) is 15.5 Å². The van der Waals surface area contributed by atoms with Crippen LogP contribution in [0.25, 0.3) is 0 Å². The molecule has 2 amide bonds. The van der Waals surface area contributed by atoms with Gasteiger partial charge in [0.2, 0.25) is 5.91 Å². The maximum Gasteiger partial charge on any atom is 0.409 e. The van der Waals surface area contributed by atoms with Crippen LogP contribution in [0.5, 0.6) is 0 Å². The molecule has 0 radical (unpaired) electrons. The van der Waals surface area contributed by atoms with Crippen LogP contribution in [0.4, 0.5) is 4.79 Å². The molecule has 6 nitrogen and oxygen atoms in total. The number of benzene rings is 1. The summed E-state index contributed by atoms with van der Waals surface area (Å²) >= 11 is 0. The molecule has 1 fully saturated rings. The Bertz CT molecular complexity index is 554. The molecular formula is C18H27N3O3. The minimum Gasteiger partial charge on any atom is -0.450 e. The number of aryl methyl sites for hydroxylation is 1. The van der Waals surface area contributed by atoms with Gasteiger partial charge in [0.25, 0.3) is 0 Å². The molecule has 0 spiro atoms. The highest BCUT2D eigenvalue weighted by Crippen LogP contribution is 2.11. The summed E-state index contributed by atoms with van der Waals surface area (Å²) in [6.07, 6.45) is 1.27. The number of piperidine rings is 1. The van der Waals surface area contributed by atoms with E-state index in [0.717, 1.165) is 12.8 Å². The van der Waals surface area contributed by atoms with Crippen LogP contribution >= 0.6 is 0 Å². The van der Waals surface area contributed by atoms with Crippen molar-refractivity contribution in [2.45, 2.75) is 39.3 Å². The Morgan fingerprint density at radius 1 is 1.25 bits per heavy atom.